The molecule has 0 spiro atoms. The molecular weight excluding hydrogens is 256 g/mol. The third-order valence-corrected chi connectivity index (χ3v) is 3.39. The molecule has 0 saturated heterocycles. The van der Waals surface area contributed by atoms with E-state index in [4.69, 9.17) is 9.16 Å². The fourth-order valence-electron chi connectivity index (χ4n) is 1.72. The third-order valence-electron chi connectivity index (χ3n) is 2.52. The first-order valence-corrected chi connectivity index (χ1v) is 10.4. The number of hydrogen-bond acceptors (Lipinski definition) is 3. The molecule has 4 heteroatoms. The summed E-state index contributed by atoms with van der Waals surface area (Å²) in [5, 5.41) is 0. The van der Waals surface area contributed by atoms with Gasteiger partial charge in [0.25, 0.3) is 6.47 Å². The van der Waals surface area contributed by atoms with Gasteiger partial charge in [0, 0.05) is 6.42 Å². The number of carbonyl (C=O) groups excluding carboxylic acids is 1. The molecule has 3 nitrogen and oxygen atoms in total. The second kappa shape index (κ2) is 9.84. The van der Waals surface area contributed by atoms with Crippen molar-refractivity contribution < 1.29 is 14.0 Å². The van der Waals surface area contributed by atoms with Gasteiger partial charge < -0.3 is 9.16 Å². The Morgan fingerprint density at radius 1 is 1.32 bits per heavy atom. The molecular formula is C15H28O3Si. The van der Waals surface area contributed by atoms with Crippen molar-refractivity contribution in [1.82, 2.24) is 0 Å². The SMILES string of the molecule is C=C(/C=C/C[C@@H](CCCCC)OC=O)O[Si](C)(C)C. The first-order valence-electron chi connectivity index (χ1n) is 7.02. The first kappa shape index (κ1) is 18.0. The number of carbonyl (C=O) groups is 1. The quantitative estimate of drug-likeness (QED) is 0.185. The standard InChI is InChI=1S/C15H28O3Si/c1-6-7-8-11-15(17-13-16)12-9-10-14(2)18-19(3,4)5/h9-10,13,15H,2,6-8,11-12H2,1,3-5H3/b10-9+/t15-/m1/s1. The molecule has 0 rings (SSSR count). The van der Waals surface area contributed by atoms with E-state index in [1.54, 1.807) is 0 Å². The van der Waals surface area contributed by atoms with Gasteiger partial charge >= 0.3 is 0 Å². The first-order chi connectivity index (χ1) is 8.89. The van der Waals surface area contributed by atoms with Crippen molar-refractivity contribution in [2.24, 2.45) is 0 Å². The Morgan fingerprint density at radius 2 is 2.00 bits per heavy atom. The van der Waals surface area contributed by atoms with E-state index in [1.807, 2.05) is 12.2 Å². The lowest BCUT2D eigenvalue weighted by Gasteiger charge is -2.19. The average molecular weight is 284 g/mol. The molecule has 0 aromatic heterocycles. The van der Waals surface area contributed by atoms with Crippen molar-refractivity contribution in [2.75, 3.05) is 0 Å². The minimum atomic E-state index is -1.58. The van der Waals surface area contributed by atoms with Gasteiger partial charge in [-0.15, -0.1) is 0 Å². The van der Waals surface area contributed by atoms with Gasteiger partial charge in [-0.25, -0.2) is 0 Å². The highest BCUT2D eigenvalue weighted by Gasteiger charge is 2.15. The average Bonchev–Trinajstić information content (AvgIpc) is 2.27. The zero-order valence-electron chi connectivity index (χ0n) is 12.8. The summed E-state index contributed by atoms with van der Waals surface area (Å²) in [6.07, 6.45) is 8.89. The van der Waals surface area contributed by atoms with E-state index >= 15 is 0 Å². The van der Waals surface area contributed by atoms with Gasteiger partial charge in [-0.3, -0.25) is 4.79 Å². The Balaban J connectivity index is 4.08. The van der Waals surface area contributed by atoms with Crippen LogP contribution in [-0.4, -0.2) is 20.9 Å². The summed E-state index contributed by atoms with van der Waals surface area (Å²) in [7, 11) is -1.58. The van der Waals surface area contributed by atoms with E-state index in [9.17, 15) is 4.79 Å². The molecule has 0 aromatic carbocycles. The van der Waals surface area contributed by atoms with Crippen LogP contribution in [0.5, 0.6) is 0 Å². The Kier molecular flexibility index (Phi) is 9.30. The largest absolute Gasteiger partial charge is 0.545 e. The second-order valence-electron chi connectivity index (χ2n) is 5.67. The molecule has 110 valence electrons. The molecule has 0 radical (unpaired) electrons. The highest BCUT2D eigenvalue weighted by atomic mass is 28.4. The molecule has 0 fully saturated rings. The van der Waals surface area contributed by atoms with Crippen LogP contribution in [0.2, 0.25) is 19.6 Å². The van der Waals surface area contributed by atoms with E-state index in [-0.39, 0.29) is 6.10 Å². The van der Waals surface area contributed by atoms with E-state index < -0.39 is 8.32 Å². The third kappa shape index (κ3) is 11.8. The van der Waals surface area contributed by atoms with Crippen LogP contribution in [0.1, 0.15) is 39.0 Å². The molecule has 0 amide bonds. The zero-order chi connectivity index (χ0) is 14.7. The molecule has 0 aliphatic heterocycles. The molecule has 0 aromatic rings. The predicted molar refractivity (Wildman–Crippen MR) is 82.4 cm³/mol. The van der Waals surface area contributed by atoms with Crippen LogP contribution in [0.15, 0.2) is 24.5 Å². The van der Waals surface area contributed by atoms with E-state index in [0.29, 0.717) is 12.2 Å². The van der Waals surface area contributed by atoms with Gasteiger partial charge in [-0.1, -0.05) is 32.4 Å². The molecule has 0 N–H and O–H groups in total. The molecule has 0 aliphatic carbocycles. The van der Waals surface area contributed by atoms with Gasteiger partial charge in [0.15, 0.2) is 0 Å². The lowest BCUT2D eigenvalue weighted by atomic mass is 10.1. The lowest BCUT2D eigenvalue weighted by Crippen LogP contribution is -2.24. The van der Waals surface area contributed by atoms with Crippen molar-refractivity contribution in [2.45, 2.75) is 64.8 Å². The highest BCUT2D eigenvalue weighted by molar-refractivity contribution is 6.70. The summed E-state index contributed by atoms with van der Waals surface area (Å²) in [6.45, 7) is 12.9. The van der Waals surface area contributed by atoms with Crippen LogP contribution in [-0.2, 0) is 14.0 Å². The van der Waals surface area contributed by atoms with Crippen LogP contribution in [0, 0.1) is 0 Å². The summed E-state index contributed by atoms with van der Waals surface area (Å²) < 4.78 is 10.8. The van der Waals surface area contributed by atoms with E-state index in [2.05, 4.69) is 33.1 Å². The minimum Gasteiger partial charge on any atom is -0.545 e. The fourth-order valence-corrected chi connectivity index (χ4v) is 2.58. The molecule has 0 saturated carbocycles. The maximum Gasteiger partial charge on any atom is 0.293 e. The van der Waals surface area contributed by atoms with Crippen molar-refractivity contribution in [3.8, 4) is 0 Å². The second-order valence-corrected chi connectivity index (χ2v) is 10.1. The number of hydrogen-bond donors (Lipinski definition) is 0. The molecule has 1 atom stereocenters. The van der Waals surface area contributed by atoms with Crippen LogP contribution >= 0.6 is 0 Å². The van der Waals surface area contributed by atoms with Gasteiger partial charge in [-0.05, 0) is 38.6 Å². The summed E-state index contributed by atoms with van der Waals surface area (Å²) in [5.74, 6) is 0.692. The Labute approximate surface area is 118 Å². The number of allylic oxidation sites excluding steroid dienone is 1. The van der Waals surface area contributed by atoms with Crippen LogP contribution in [0.3, 0.4) is 0 Å². The van der Waals surface area contributed by atoms with E-state index in [1.165, 1.54) is 12.8 Å². The normalized spacial score (nSPS) is 13.3. The summed E-state index contributed by atoms with van der Waals surface area (Å²) in [4.78, 5) is 10.4. The highest BCUT2D eigenvalue weighted by Crippen LogP contribution is 2.13. The van der Waals surface area contributed by atoms with Gasteiger partial charge in [0.2, 0.25) is 8.32 Å². The molecule has 0 bridgehead atoms. The number of ether oxygens (including phenoxy) is 1. The van der Waals surface area contributed by atoms with Gasteiger partial charge in [0.05, 0.1) is 5.76 Å². The summed E-state index contributed by atoms with van der Waals surface area (Å²) >= 11 is 0. The molecule has 0 unspecified atom stereocenters. The smallest absolute Gasteiger partial charge is 0.293 e. The van der Waals surface area contributed by atoms with Crippen LogP contribution in [0.4, 0.5) is 0 Å². The van der Waals surface area contributed by atoms with Crippen molar-refractivity contribution >= 4 is 14.8 Å². The maximum absolute atomic E-state index is 10.4. The number of rotatable bonds is 11. The zero-order valence-corrected chi connectivity index (χ0v) is 13.8. The maximum atomic E-state index is 10.4. The van der Waals surface area contributed by atoms with Crippen molar-refractivity contribution in [1.29, 1.82) is 0 Å². The molecule has 0 aliphatic rings. The Hall–Kier alpha value is -1.03. The summed E-state index contributed by atoms with van der Waals surface area (Å²) in [5.41, 5.74) is 0. The molecule has 0 heterocycles. The van der Waals surface area contributed by atoms with Gasteiger partial charge in [-0.2, -0.15) is 0 Å². The van der Waals surface area contributed by atoms with E-state index in [0.717, 1.165) is 19.3 Å². The fraction of sp³-hybridized carbons (Fsp3) is 0.667. The summed E-state index contributed by atoms with van der Waals surface area (Å²) in [6, 6.07) is 0. The topological polar surface area (TPSA) is 35.5 Å². The lowest BCUT2D eigenvalue weighted by molar-refractivity contribution is -0.133. The molecule has 19 heavy (non-hydrogen) atoms. The van der Waals surface area contributed by atoms with Crippen LogP contribution < -0.4 is 0 Å². The van der Waals surface area contributed by atoms with Crippen molar-refractivity contribution in [3.05, 3.63) is 24.5 Å². The number of unbranched alkanes of at least 4 members (excludes halogenated alkanes) is 2. The monoisotopic (exact) mass is 284 g/mol. The van der Waals surface area contributed by atoms with Crippen LogP contribution in [0.25, 0.3) is 0 Å². The Bertz CT molecular complexity index is 292. The predicted octanol–water partition coefficient (Wildman–Crippen LogP) is 4.42. The Morgan fingerprint density at radius 3 is 2.53 bits per heavy atom. The minimum absolute atomic E-state index is 0.0278. The van der Waals surface area contributed by atoms with Gasteiger partial charge in [0.1, 0.15) is 6.10 Å². The van der Waals surface area contributed by atoms with Crippen molar-refractivity contribution in [3.63, 3.8) is 0 Å².